The Hall–Kier alpha value is -1.75. The van der Waals surface area contributed by atoms with Gasteiger partial charge < -0.3 is 9.84 Å². The lowest BCUT2D eigenvalue weighted by Crippen LogP contribution is -2.27. The zero-order valence-electron chi connectivity index (χ0n) is 13.1. The van der Waals surface area contributed by atoms with Gasteiger partial charge in [0.15, 0.2) is 0 Å². The van der Waals surface area contributed by atoms with Crippen LogP contribution in [0.4, 0.5) is 0 Å². The number of nitrogens with one attached hydrogen (secondary N) is 1. The highest BCUT2D eigenvalue weighted by Crippen LogP contribution is 2.18. The second-order valence-electron chi connectivity index (χ2n) is 5.27. The molecule has 1 atom stereocenters. The first-order chi connectivity index (χ1) is 10.2. The number of aryl methyl sites for hydroxylation is 2. The van der Waals surface area contributed by atoms with E-state index >= 15 is 0 Å². The molecule has 0 amide bonds. The number of aromatic nitrogens is 3. The number of rotatable bonds is 8. The number of hydrogen-bond acceptors (Lipinski definition) is 5. The second-order valence-corrected chi connectivity index (χ2v) is 5.27. The molecule has 5 heteroatoms. The Morgan fingerprint density at radius 3 is 2.95 bits per heavy atom. The first-order valence-electron chi connectivity index (χ1n) is 7.74. The number of nitrogens with zero attached hydrogens (tertiary/aromatic N) is 3. The highest BCUT2D eigenvalue weighted by atomic mass is 16.5. The highest BCUT2D eigenvalue weighted by Gasteiger charge is 2.13. The Kier molecular flexibility index (Phi) is 5.87. The van der Waals surface area contributed by atoms with Crippen LogP contribution in [-0.2, 0) is 12.8 Å². The standard InChI is InChI=1S/C16H24N4O/c1-4-10-17-12(3)8-9-14-19-16(20-21-14)15-13(5-2)7-6-11-18-15/h6-7,11-12,17H,4-5,8-10H2,1-3H3. The van der Waals surface area contributed by atoms with Crippen LogP contribution in [0.15, 0.2) is 22.9 Å². The summed E-state index contributed by atoms with van der Waals surface area (Å²) in [5.74, 6) is 1.28. The Labute approximate surface area is 126 Å². The largest absolute Gasteiger partial charge is 0.339 e. The molecule has 0 fully saturated rings. The van der Waals surface area contributed by atoms with E-state index in [0.717, 1.165) is 43.5 Å². The van der Waals surface area contributed by atoms with Crippen LogP contribution < -0.4 is 5.32 Å². The maximum absolute atomic E-state index is 5.34. The zero-order chi connectivity index (χ0) is 15.1. The molecule has 0 aliphatic heterocycles. The van der Waals surface area contributed by atoms with E-state index in [1.165, 1.54) is 0 Å². The van der Waals surface area contributed by atoms with E-state index in [1.807, 2.05) is 6.07 Å². The fourth-order valence-corrected chi connectivity index (χ4v) is 2.21. The van der Waals surface area contributed by atoms with Gasteiger partial charge in [0.1, 0.15) is 5.69 Å². The minimum Gasteiger partial charge on any atom is -0.339 e. The van der Waals surface area contributed by atoms with Crippen molar-refractivity contribution >= 4 is 0 Å². The van der Waals surface area contributed by atoms with Gasteiger partial charge in [0, 0.05) is 18.7 Å². The predicted octanol–water partition coefficient (Wildman–Crippen LogP) is 3.01. The van der Waals surface area contributed by atoms with Crippen LogP contribution in [0.2, 0.25) is 0 Å². The normalized spacial score (nSPS) is 12.5. The second kappa shape index (κ2) is 7.88. The molecule has 0 aliphatic carbocycles. The molecule has 2 rings (SSSR count). The van der Waals surface area contributed by atoms with Crippen molar-refractivity contribution in [3.63, 3.8) is 0 Å². The molecule has 2 aromatic heterocycles. The van der Waals surface area contributed by atoms with Gasteiger partial charge in [-0.05, 0) is 44.4 Å². The minimum atomic E-state index is 0.460. The number of pyridine rings is 1. The van der Waals surface area contributed by atoms with Crippen LogP contribution in [0.1, 0.15) is 45.1 Å². The Bertz CT molecular complexity index is 553. The summed E-state index contributed by atoms with van der Waals surface area (Å²) >= 11 is 0. The summed E-state index contributed by atoms with van der Waals surface area (Å²) in [6.45, 7) is 7.50. The van der Waals surface area contributed by atoms with Crippen LogP contribution >= 0.6 is 0 Å². The van der Waals surface area contributed by atoms with Crippen molar-refractivity contribution in [2.45, 2.75) is 52.5 Å². The minimum absolute atomic E-state index is 0.460. The molecule has 0 saturated heterocycles. The highest BCUT2D eigenvalue weighted by molar-refractivity contribution is 5.53. The van der Waals surface area contributed by atoms with Crippen molar-refractivity contribution in [2.24, 2.45) is 0 Å². The molecule has 0 bridgehead atoms. The van der Waals surface area contributed by atoms with Gasteiger partial charge in [-0.2, -0.15) is 4.98 Å². The monoisotopic (exact) mass is 288 g/mol. The molecule has 2 aromatic rings. The van der Waals surface area contributed by atoms with Gasteiger partial charge in [-0.15, -0.1) is 0 Å². The fourth-order valence-electron chi connectivity index (χ4n) is 2.21. The van der Waals surface area contributed by atoms with E-state index in [2.05, 4.69) is 47.3 Å². The summed E-state index contributed by atoms with van der Waals surface area (Å²) < 4.78 is 5.34. The molecule has 0 radical (unpaired) electrons. The summed E-state index contributed by atoms with van der Waals surface area (Å²) in [7, 11) is 0. The molecule has 0 spiro atoms. The van der Waals surface area contributed by atoms with Crippen molar-refractivity contribution in [1.29, 1.82) is 0 Å². The van der Waals surface area contributed by atoms with Crippen LogP contribution in [0.5, 0.6) is 0 Å². The van der Waals surface area contributed by atoms with E-state index in [9.17, 15) is 0 Å². The third-order valence-electron chi connectivity index (χ3n) is 3.49. The van der Waals surface area contributed by atoms with Gasteiger partial charge in [0.25, 0.3) is 0 Å². The Balaban J connectivity index is 1.98. The molecule has 5 nitrogen and oxygen atoms in total. The lowest BCUT2D eigenvalue weighted by atomic mass is 10.1. The lowest BCUT2D eigenvalue weighted by molar-refractivity contribution is 0.367. The predicted molar refractivity (Wildman–Crippen MR) is 83.0 cm³/mol. The molecular weight excluding hydrogens is 264 g/mol. The van der Waals surface area contributed by atoms with Crippen molar-refractivity contribution < 1.29 is 4.52 Å². The summed E-state index contributed by atoms with van der Waals surface area (Å²) in [6.07, 6.45) is 5.60. The van der Waals surface area contributed by atoms with Crippen LogP contribution in [0.25, 0.3) is 11.5 Å². The Morgan fingerprint density at radius 2 is 2.19 bits per heavy atom. The van der Waals surface area contributed by atoms with Crippen LogP contribution in [0.3, 0.4) is 0 Å². The van der Waals surface area contributed by atoms with Crippen LogP contribution in [0, 0.1) is 0 Å². The zero-order valence-corrected chi connectivity index (χ0v) is 13.1. The van der Waals surface area contributed by atoms with Gasteiger partial charge in [-0.1, -0.05) is 25.1 Å². The average Bonchev–Trinajstić information content (AvgIpc) is 2.99. The molecule has 114 valence electrons. The number of hydrogen-bond donors (Lipinski definition) is 1. The quantitative estimate of drug-likeness (QED) is 0.809. The molecule has 0 saturated carbocycles. The topological polar surface area (TPSA) is 63.8 Å². The van der Waals surface area contributed by atoms with Gasteiger partial charge in [0.05, 0.1) is 0 Å². The van der Waals surface area contributed by atoms with E-state index in [1.54, 1.807) is 6.20 Å². The van der Waals surface area contributed by atoms with Gasteiger partial charge in [-0.3, -0.25) is 4.98 Å². The molecule has 21 heavy (non-hydrogen) atoms. The third-order valence-corrected chi connectivity index (χ3v) is 3.49. The molecule has 1 N–H and O–H groups in total. The van der Waals surface area contributed by atoms with Gasteiger partial charge in [-0.25, -0.2) is 0 Å². The van der Waals surface area contributed by atoms with Crippen molar-refractivity contribution in [2.75, 3.05) is 6.54 Å². The molecule has 2 heterocycles. The first-order valence-corrected chi connectivity index (χ1v) is 7.74. The average molecular weight is 288 g/mol. The van der Waals surface area contributed by atoms with Crippen molar-refractivity contribution in [3.8, 4) is 11.5 Å². The molecule has 0 aromatic carbocycles. The maximum Gasteiger partial charge on any atom is 0.227 e. The maximum atomic E-state index is 5.34. The van der Waals surface area contributed by atoms with E-state index in [4.69, 9.17) is 4.52 Å². The van der Waals surface area contributed by atoms with Gasteiger partial charge in [0.2, 0.25) is 11.7 Å². The third kappa shape index (κ3) is 4.36. The summed E-state index contributed by atoms with van der Waals surface area (Å²) in [4.78, 5) is 8.84. The summed E-state index contributed by atoms with van der Waals surface area (Å²) in [5.41, 5.74) is 1.97. The van der Waals surface area contributed by atoms with E-state index in [-0.39, 0.29) is 0 Å². The Morgan fingerprint density at radius 1 is 1.33 bits per heavy atom. The smallest absolute Gasteiger partial charge is 0.227 e. The molecular formula is C16H24N4O. The van der Waals surface area contributed by atoms with Crippen LogP contribution in [-0.4, -0.2) is 27.7 Å². The first kappa shape index (κ1) is 15.6. The summed E-state index contributed by atoms with van der Waals surface area (Å²) in [6, 6.07) is 4.45. The molecule has 1 unspecified atom stereocenters. The summed E-state index contributed by atoms with van der Waals surface area (Å²) in [5, 5.41) is 7.52. The van der Waals surface area contributed by atoms with Gasteiger partial charge >= 0.3 is 0 Å². The molecule has 0 aliphatic rings. The lowest BCUT2D eigenvalue weighted by Gasteiger charge is -2.10. The fraction of sp³-hybridized carbons (Fsp3) is 0.562. The SMILES string of the molecule is CCCNC(C)CCc1nc(-c2ncccc2CC)no1. The van der Waals surface area contributed by atoms with Crippen molar-refractivity contribution in [1.82, 2.24) is 20.4 Å². The van der Waals surface area contributed by atoms with E-state index < -0.39 is 0 Å². The van der Waals surface area contributed by atoms with E-state index in [0.29, 0.717) is 17.8 Å². The van der Waals surface area contributed by atoms with Crippen molar-refractivity contribution in [3.05, 3.63) is 29.8 Å².